The van der Waals surface area contributed by atoms with Crippen molar-refractivity contribution in [3.05, 3.63) is 24.5 Å². The van der Waals surface area contributed by atoms with Crippen molar-refractivity contribution < 1.29 is 0 Å². The van der Waals surface area contributed by atoms with Crippen molar-refractivity contribution in [2.45, 2.75) is 0 Å². The fourth-order valence-corrected chi connectivity index (χ4v) is 1.32. The minimum absolute atomic E-state index is 0.633. The highest BCUT2D eigenvalue weighted by atomic mass is 14.9. The van der Waals surface area contributed by atoms with Gasteiger partial charge in [-0.15, -0.1) is 0 Å². The molecule has 2 aromatic rings. The monoisotopic (exact) mass is 176 g/mol. The van der Waals surface area contributed by atoms with E-state index in [1.54, 1.807) is 6.20 Å². The Balaban J connectivity index is 2.37. The Hall–Kier alpha value is -1.55. The molecule has 0 amide bonds. The van der Waals surface area contributed by atoms with E-state index >= 15 is 0 Å². The molecule has 0 aliphatic rings. The van der Waals surface area contributed by atoms with E-state index in [4.69, 9.17) is 5.73 Å². The van der Waals surface area contributed by atoms with Gasteiger partial charge in [0.2, 0.25) is 0 Å². The Bertz CT molecular complexity index is 393. The minimum Gasteiger partial charge on any atom is -0.383 e. The lowest BCUT2D eigenvalue weighted by Gasteiger charge is -2.04. The molecule has 0 aliphatic heterocycles. The maximum Gasteiger partial charge on any atom is 0.139 e. The van der Waals surface area contributed by atoms with Crippen molar-refractivity contribution in [2.24, 2.45) is 5.73 Å². The molecule has 13 heavy (non-hydrogen) atoms. The van der Waals surface area contributed by atoms with Crippen LogP contribution in [0.1, 0.15) is 0 Å². The summed E-state index contributed by atoms with van der Waals surface area (Å²) in [6, 6.07) is 3.95. The standard InChI is InChI=1S/C9H12N4/c10-3-6-11-8-2-5-13-9-7(8)1-4-12-9/h1-2,4-5H,3,6,10H2,(H2,11,12,13). The van der Waals surface area contributed by atoms with Gasteiger partial charge in [-0.1, -0.05) is 0 Å². The Kier molecular flexibility index (Phi) is 2.14. The quantitative estimate of drug-likeness (QED) is 0.651. The number of anilines is 1. The lowest BCUT2D eigenvalue weighted by Crippen LogP contribution is -2.13. The normalized spacial score (nSPS) is 10.5. The summed E-state index contributed by atoms with van der Waals surface area (Å²) in [5.74, 6) is 0. The summed E-state index contributed by atoms with van der Waals surface area (Å²) in [5, 5.41) is 4.35. The van der Waals surface area contributed by atoms with Crippen LogP contribution in [0.25, 0.3) is 11.0 Å². The van der Waals surface area contributed by atoms with E-state index in [9.17, 15) is 0 Å². The first-order valence-corrected chi connectivity index (χ1v) is 4.28. The number of fused-ring (bicyclic) bond motifs is 1. The molecule has 2 aromatic heterocycles. The minimum atomic E-state index is 0.633. The van der Waals surface area contributed by atoms with Gasteiger partial charge in [0.15, 0.2) is 0 Å². The topological polar surface area (TPSA) is 66.7 Å². The molecule has 0 radical (unpaired) electrons. The van der Waals surface area contributed by atoms with Crippen LogP contribution >= 0.6 is 0 Å². The Morgan fingerprint density at radius 1 is 1.46 bits per heavy atom. The molecule has 0 aromatic carbocycles. The van der Waals surface area contributed by atoms with E-state index in [-0.39, 0.29) is 0 Å². The molecule has 2 rings (SSSR count). The maximum absolute atomic E-state index is 5.41. The molecule has 0 aliphatic carbocycles. The number of nitrogens with zero attached hydrogens (tertiary/aromatic N) is 1. The highest BCUT2D eigenvalue weighted by Gasteiger charge is 2.00. The van der Waals surface area contributed by atoms with Crippen LogP contribution in [0.3, 0.4) is 0 Å². The van der Waals surface area contributed by atoms with Gasteiger partial charge in [-0.05, 0) is 12.1 Å². The highest BCUT2D eigenvalue weighted by molar-refractivity contribution is 5.88. The van der Waals surface area contributed by atoms with Crippen LogP contribution in [0.15, 0.2) is 24.5 Å². The van der Waals surface area contributed by atoms with Gasteiger partial charge in [-0.3, -0.25) is 0 Å². The second-order valence-electron chi connectivity index (χ2n) is 2.81. The van der Waals surface area contributed by atoms with E-state index in [1.165, 1.54) is 0 Å². The van der Waals surface area contributed by atoms with Crippen LogP contribution in [-0.2, 0) is 0 Å². The highest BCUT2D eigenvalue weighted by Crippen LogP contribution is 2.19. The largest absolute Gasteiger partial charge is 0.383 e. The van der Waals surface area contributed by atoms with E-state index in [1.807, 2.05) is 18.3 Å². The summed E-state index contributed by atoms with van der Waals surface area (Å²) in [5.41, 5.74) is 7.39. The number of aromatic nitrogens is 2. The second kappa shape index (κ2) is 3.45. The van der Waals surface area contributed by atoms with Crippen molar-refractivity contribution in [3.63, 3.8) is 0 Å². The van der Waals surface area contributed by atoms with Gasteiger partial charge in [0.25, 0.3) is 0 Å². The van der Waals surface area contributed by atoms with Gasteiger partial charge in [0.05, 0.1) is 0 Å². The van der Waals surface area contributed by atoms with Crippen LogP contribution in [-0.4, -0.2) is 23.1 Å². The number of rotatable bonds is 3. The summed E-state index contributed by atoms with van der Waals surface area (Å²) in [6.45, 7) is 1.42. The van der Waals surface area contributed by atoms with Crippen LogP contribution in [0.4, 0.5) is 5.69 Å². The molecular formula is C9H12N4. The molecule has 4 nitrogen and oxygen atoms in total. The van der Waals surface area contributed by atoms with E-state index < -0.39 is 0 Å². The average molecular weight is 176 g/mol. The Labute approximate surface area is 76.2 Å². The predicted molar refractivity (Wildman–Crippen MR) is 53.6 cm³/mol. The zero-order valence-corrected chi connectivity index (χ0v) is 7.25. The third-order valence-corrected chi connectivity index (χ3v) is 1.92. The van der Waals surface area contributed by atoms with Gasteiger partial charge in [0.1, 0.15) is 5.65 Å². The maximum atomic E-state index is 5.41. The molecule has 0 saturated carbocycles. The first-order chi connectivity index (χ1) is 6.42. The molecule has 0 atom stereocenters. The molecule has 0 fully saturated rings. The molecule has 0 saturated heterocycles. The number of nitrogens with one attached hydrogen (secondary N) is 2. The van der Waals surface area contributed by atoms with Crippen molar-refractivity contribution in [1.29, 1.82) is 0 Å². The molecule has 0 bridgehead atoms. The zero-order valence-electron chi connectivity index (χ0n) is 7.25. The average Bonchev–Trinajstić information content (AvgIpc) is 2.62. The van der Waals surface area contributed by atoms with Crippen LogP contribution in [0.5, 0.6) is 0 Å². The second-order valence-corrected chi connectivity index (χ2v) is 2.81. The Morgan fingerprint density at radius 2 is 2.38 bits per heavy atom. The van der Waals surface area contributed by atoms with Gasteiger partial charge in [-0.25, -0.2) is 4.98 Å². The lowest BCUT2D eigenvalue weighted by atomic mass is 10.3. The first kappa shape index (κ1) is 8.07. The van der Waals surface area contributed by atoms with Gasteiger partial charge < -0.3 is 16.0 Å². The predicted octanol–water partition coefficient (Wildman–Crippen LogP) is 0.933. The molecular weight excluding hydrogens is 164 g/mol. The van der Waals surface area contributed by atoms with Gasteiger partial charge >= 0.3 is 0 Å². The fraction of sp³-hybridized carbons (Fsp3) is 0.222. The third kappa shape index (κ3) is 1.48. The van der Waals surface area contributed by atoms with Gasteiger partial charge in [-0.2, -0.15) is 0 Å². The SMILES string of the molecule is NCCNc1ccnc2[nH]ccc12. The van der Waals surface area contributed by atoms with E-state index in [0.29, 0.717) is 6.54 Å². The summed E-state index contributed by atoms with van der Waals surface area (Å²) < 4.78 is 0. The summed E-state index contributed by atoms with van der Waals surface area (Å²) >= 11 is 0. The van der Waals surface area contributed by atoms with E-state index in [0.717, 1.165) is 23.3 Å². The first-order valence-electron chi connectivity index (χ1n) is 4.28. The number of aromatic amines is 1. The third-order valence-electron chi connectivity index (χ3n) is 1.92. The molecule has 68 valence electrons. The molecule has 2 heterocycles. The summed E-state index contributed by atoms with van der Waals surface area (Å²) in [4.78, 5) is 7.24. The lowest BCUT2D eigenvalue weighted by molar-refractivity contribution is 1.03. The van der Waals surface area contributed by atoms with Crippen LogP contribution in [0.2, 0.25) is 0 Å². The molecule has 4 N–H and O–H groups in total. The fourth-order valence-electron chi connectivity index (χ4n) is 1.32. The van der Waals surface area contributed by atoms with Crippen LogP contribution < -0.4 is 11.1 Å². The number of pyridine rings is 1. The zero-order chi connectivity index (χ0) is 9.10. The number of nitrogens with two attached hydrogens (primary N) is 1. The molecule has 4 heteroatoms. The van der Waals surface area contributed by atoms with Crippen molar-refractivity contribution in [1.82, 2.24) is 9.97 Å². The number of H-pyrrole nitrogens is 1. The number of hydrogen-bond acceptors (Lipinski definition) is 3. The van der Waals surface area contributed by atoms with Crippen LogP contribution in [0, 0.1) is 0 Å². The van der Waals surface area contributed by atoms with Gasteiger partial charge in [0, 0.05) is 36.6 Å². The number of hydrogen-bond donors (Lipinski definition) is 3. The molecule has 0 unspecified atom stereocenters. The van der Waals surface area contributed by atoms with E-state index in [2.05, 4.69) is 15.3 Å². The smallest absolute Gasteiger partial charge is 0.139 e. The molecule has 0 spiro atoms. The van der Waals surface area contributed by atoms with Crippen molar-refractivity contribution >= 4 is 16.7 Å². The summed E-state index contributed by atoms with van der Waals surface area (Å²) in [7, 11) is 0. The summed E-state index contributed by atoms with van der Waals surface area (Å²) in [6.07, 6.45) is 3.66. The van der Waals surface area contributed by atoms with Crippen molar-refractivity contribution in [2.75, 3.05) is 18.4 Å². The van der Waals surface area contributed by atoms with Crippen molar-refractivity contribution in [3.8, 4) is 0 Å². The Morgan fingerprint density at radius 3 is 3.23 bits per heavy atom.